The van der Waals surface area contributed by atoms with Crippen molar-refractivity contribution in [3.8, 4) is 0 Å². The number of thioether (sulfide) groups is 1. The van der Waals surface area contributed by atoms with Gasteiger partial charge in [0.25, 0.3) is 0 Å². The lowest BCUT2D eigenvalue weighted by atomic mass is 10.1. The Hall–Kier alpha value is -0.530. The Morgan fingerprint density at radius 3 is 2.81 bits per heavy atom. The van der Waals surface area contributed by atoms with E-state index in [9.17, 15) is 8.42 Å². The van der Waals surface area contributed by atoms with Crippen molar-refractivity contribution in [2.45, 2.75) is 32.1 Å². The molecule has 21 heavy (non-hydrogen) atoms. The Kier molecular flexibility index (Phi) is 5.38. The highest BCUT2D eigenvalue weighted by atomic mass is 35.5. The highest BCUT2D eigenvalue weighted by molar-refractivity contribution is 8.01. The fraction of sp³-hybridized carbons (Fsp3) is 0.692. The van der Waals surface area contributed by atoms with Crippen LogP contribution in [0.5, 0.6) is 0 Å². The van der Waals surface area contributed by atoms with Crippen LogP contribution in [-0.4, -0.2) is 47.6 Å². The summed E-state index contributed by atoms with van der Waals surface area (Å²) in [5.74, 6) is 2.37. The first-order chi connectivity index (χ1) is 9.88. The van der Waals surface area contributed by atoms with Gasteiger partial charge < -0.3 is 4.90 Å². The smallest absolute Gasteiger partial charge is 0.171 e. The van der Waals surface area contributed by atoms with Crippen LogP contribution < -0.4 is 4.90 Å². The van der Waals surface area contributed by atoms with E-state index in [0.29, 0.717) is 23.3 Å². The number of hydrogen-bond acceptors (Lipinski definition) is 6. The van der Waals surface area contributed by atoms with Gasteiger partial charge in [-0.1, -0.05) is 32.4 Å². The van der Waals surface area contributed by atoms with Gasteiger partial charge in [-0.2, -0.15) is 11.8 Å². The summed E-state index contributed by atoms with van der Waals surface area (Å²) in [6, 6.07) is 0. The molecule has 2 rings (SSSR count). The van der Waals surface area contributed by atoms with Gasteiger partial charge in [0, 0.05) is 29.4 Å². The van der Waals surface area contributed by atoms with E-state index >= 15 is 0 Å². The number of rotatable bonds is 4. The van der Waals surface area contributed by atoms with E-state index in [4.69, 9.17) is 11.6 Å². The lowest BCUT2D eigenvalue weighted by Crippen LogP contribution is -2.48. The second kappa shape index (κ2) is 6.71. The number of halogens is 1. The van der Waals surface area contributed by atoms with Crippen molar-refractivity contribution in [2.24, 2.45) is 0 Å². The van der Waals surface area contributed by atoms with Crippen molar-refractivity contribution in [1.82, 2.24) is 9.97 Å². The first-order valence-electron chi connectivity index (χ1n) is 6.94. The monoisotopic (exact) mass is 349 g/mol. The fourth-order valence-electron chi connectivity index (χ4n) is 2.40. The molecule has 0 saturated carbocycles. The molecule has 1 fully saturated rings. The molecule has 0 radical (unpaired) electrons. The van der Waals surface area contributed by atoms with E-state index in [1.807, 2.05) is 18.7 Å². The fourth-order valence-corrected chi connectivity index (χ4v) is 5.72. The van der Waals surface area contributed by atoms with Crippen LogP contribution in [0.1, 0.15) is 32.3 Å². The lowest BCUT2D eigenvalue weighted by molar-refractivity contribution is 0.578. The van der Waals surface area contributed by atoms with E-state index < -0.39 is 15.2 Å². The Balaban J connectivity index is 2.50. The molecule has 0 aliphatic carbocycles. The Bertz CT molecular complexity index is 607. The number of anilines is 1. The second-order valence-corrected chi connectivity index (χ2v) is 9.19. The van der Waals surface area contributed by atoms with Crippen molar-refractivity contribution in [3.63, 3.8) is 0 Å². The van der Waals surface area contributed by atoms with Crippen LogP contribution in [0.3, 0.4) is 0 Å². The maximum atomic E-state index is 12.4. The van der Waals surface area contributed by atoms with Crippen molar-refractivity contribution in [2.75, 3.05) is 28.7 Å². The summed E-state index contributed by atoms with van der Waals surface area (Å²) in [6.45, 7) is 6.36. The van der Waals surface area contributed by atoms with Gasteiger partial charge >= 0.3 is 0 Å². The maximum absolute atomic E-state index is 12.4. The first-order valence-corrected chi connectivity index (χ1v) is 10.2. The third kappa shape index (κ3) is 3.46. The molecular formula is C13H20ClN3O2S2. The minimum Gasteiger partial charge on any atom is -0.338 e. The average Bonchev–Trinajstić information content (AvgIpc) is 2.46. The summed E-state index contributed by atoms with van der Waals surface area (Å²) >= 11 is 7.87. The van der Waals surface area contributed by atoms with Crippen LogP contribution >= 0.6 is 23.4 Å². The third-order valence-corrected chi connectivity index (χ3v) is 7.15. The van der Waals surface area contributed by atoms with Crippen LogP contribution in [-0.2, 0) is 9.84 Å². The predicted octanol–water partition coefficient (Wildman–Crippen LogP) is 2.57. The molecule has 1 atom stereocenters. The summed E-state index contributed by atoms with van der Waals surface area (Å²) in [5, 5.41) is -0.134. The minimum atomic E-state index is -3.17. The van der Waals surface area contributed by atoms with Gasteiger partial charge in [0.05, 0.1) is 0 Å². The number of hydrogen-bond donors (Lipinski definition) is 0. The van der Waals surface area contributed by atoms with Crippen molar-refractivity contribution >= 4 is 39.0 Å². The number of nitrogens with zero attached hydrogens (tertiary/aromatic N) is 3. The van der Waals surface area contributed by atoms with Crippen molar-refractivity contribution in [1.29, 1.82) is 0 Å². The largest absolute Gasteiger partial charge is 0.338 e. The summed E-state index contributed by atoms with van der Waals surface area (Å²) < 4.78 is 24.7. The highest BCUT2D eigenvalue weighted by Crippen LogP contribution is 2.34. The summed E-state index contributed by atoms with van der Waals surface area (Å²) in [5.41, 5.74) is 0.822. The standard InChI is InChI=1S/C13H20ClN3O2S2/c1-4-21(18,19)10-7-20-6-5-17(10)13-11(9(2)3)12(14)15-8-16-13/h8-10H,4-7H2,1-3H3. The molecule has 1 aromatic heterocycles. The zero-order chi connectivity index (χ0) is 15.6. The van der Waals surface area contributed by atoms with Crippen molar-refractivity contribution < 1.29 is 8.42 Å². The molecule has 0 N–H and O–H groups in total. The molecule has 1 aliphatic rings. The third-order valence-electron chi connectivity index (χ3n) is 3.57. The zero-order valence-corrected chi connectivity index (χ0v) is 14.8. The van der Waals surface area contributed by atoms with E-state index in [2.05, 4.69) is 9.97 Å². The summed E-state index contributed by atoms with van der Waals surface area (Å²) in [7, 11) is -3.17. The van der Waals surface area contributed by atoms with Gasteiger partial charge in [-0.3, -0.25) is 0 Å². The summed E-state index contributed by atoms with van der Waals surface area (Å²) in [4.78, 5) is 10.3. The quantitative estimate of drug-likeness (QED) is 0.778. The van der Waals surface area contributed by atoms with E-state index in [0.717, 1.165) is 11.3 Å². The van der Waals surface area contributed by atoms with Gasteiger partial charge in [0.2, 0.25) is 0 Å². The van der Waals surface area contributed by atoms with Gasteiger partial charge in [0.1, 0.15) is 22.7 Å². The molecule has 8 heteroatoms. The molecule has 2 heterocycles. The van der Waals surface area contributed by atoms with Crippen molar-refractivity contribution in [3.05, 3.63) is 17.0 Å². The van der Waals surface area contributed by atoms with Gasteiger partial charge in [-0.05, 0) is 5.92 Å². The Morgan fingerprint density at radius 2 is 2.19 bits per heavy atom. The number of sulfone groups is 1. The summed E-state index contributed by atoms with van der Waals surface area (Å²) in [6.07, 6.45) is 1.40. The highest BCUT2D eigenvalue weighted by Gasteiger charge is 2.35. The van der Waals surface area contributed by atoms with Gasteiger partial charge in [0.15, 0.2) is 9.84 Å². The van der Waals surface area contributed by atoms with Crippen LogP contribution in [0.4, 0.5) is 5.82 Å². The van der Waals surface area contributed by atoms with Crippen LogP contribution in [0.25, 0.3) is 0 Å². The Morgan fingerprint density at radius 1 is 1.48 bits per heavy atom. The van der Waals surface area contributed by atoms with Gasteiger partial charge in [-0.15, -0.1) is 0 Å². The average molecular weight is 350 g/mol. The molecule has 1 aromatic rings. The van der Waals surface area contributed by atoms with Gasteiger partial charge in [-0.25, -0.2) is 18.4 Å². The first kappa shape index (κ1) is 16.8. The molecule has 118 valence electrons. The maximum Gasteiger partial charge on any atom is 0.171 e. The topological polar surface area (TPSA) is 63.2 Å². The molecule has 0 bridgehead atoms. The molecule has 5 nitrogen and oxygen atoms in total. The lowest BCUT2D eigenvalue weighted by Gasteiger charge is -2.37. The van der Waals surface area contributed by atoms with E-state index in [1.54, 1.807) is 18.7 Å². The molecule has 0 spiro atoms. The Labute approximate surface area is 135 Å². The molecule has 0 amide bonds. The molecule has 1 saturated heterocycles. The van der Waals surface area contributed by atoms with E-state index in [1.165, 1.54) is 6.33 Å². The SMILES string of the molecule is CCS(=O)(=O)C1CSCCN1c1ncnc(Cl)c1C(C)C. The minimum absolute atomic E-state index is 0.130. The molecule has 1 unspecified atom stereocenters. The van der Waals surface area contributed by atoms with Crippen LogP contribution in [0.15, 0.2) is 6.33 Å². The van der Waals surface area contributed by atoms with Crippen LogP contribution in [0.2, 0.25) is 5.15 Å². The normalized spacial score (nSPS) is 20.0. The van der Waals surface area contributed by atoms with Crippen LogP contribution in [0, 0.1) is 0 Å². The number of aromatic nitrogens is 2. The molecular weight excluding hydrogens is 330 g/mol. The molecule has 0 aromatic carbocycles. The van der Waals surface area contributed by atoms with E-state index in [-0.39, 0.29) is 11.7 Å². The zero-order valence-electron chi connectivity index (χ0n) is 12.4. The second-order valence-electron chi connectivity index (χ2n) is 5.23. The predicted molar refractivity (Wildman–Crippen MR) is 89.1 cm³/mol. The molecule has 1 aliphatic heterocycles.